The van der Waals surface area contributed by atoms with Gasteiger partial charge >= 0.3 is 0 Å². The van der Waals surface area contributed by atoms with Crippen LogP contribution in [0.1, 0.15) is 44.0 Å². The number of carboxylic acid groups (broad SMARTS) is 1. The molecule has 4 aromatic carbocycles. The highest BCUT2D eigenvalue weighted by Crippen LogP contribution is 2.23. The molecule has 0 bridgehead atoms. The van der Waals surface area contributed by atoms with Gasteiger partial charge in [0.25, 0.3) is 11.8 Å². The number of amides is 3. The molecule has 3 atom stereocenters. The summed E-state index contributed by atoms with van der Waals surface area (Å²) in [6.45, 7) is -0.125. The highest BCUT2D eigenvalue weighted by atomic mass is 16.4. The molecule has 0 saturated carbocycles. The maximum Gasteiger partial charge on any atom is 0.253 e. The van der Waals surface area contributed by atoms with Crippen molar-refractivity contribution in [2.75, 3.05) is 4.90 Å². The summed E-state index contributed by atoms with van der Waals surface area (Å²) in [5.41, 5.74) is 2.74. The lowest BCUT2D eigenvalue weighted by atomic mass is 9.93. The normalized spacial score (nSPS) is 12.7. The Balaban J connectivity index is 1.41. The summed E-state index contributed by atoms with van der Waals surface area (Å²) >= 11 is 0. The van der Waals surface area contributed by atoms with Crippen molar-refractivity contribution in [3.05, 3.63) is 162 Å². The Bertz CT molecular complexity index is 1840. The molecule has 0 aliphatic rings. The SMILES string of the molecule is O=C(N[C@@H](Cc1ccccc1)[C@@H](O)C[C@H](Cc1ccccc1)NC(=O)c1ccccc1N(Cc1ccccn1)C(=O)[O-])c1cccc(O)c1. The van der Waals surface area contributed by atoms with Crippen molar-refractivity contribution in [2.24, 2.45) is 0 Å². The van der Waals surface area contributed by atoms with Crippen LogP contribution in [0.2, 0.25) is 0 Å². The predicted molar refractivity (Wildman–Crippen MR) is 184 cm³/mol. The molecule has 10 nitrogen and oxygen atoms in total. The zero-order valence-electron chi connectivity index (χ0n) is 26.7. The van der Waals surface area contributed by atoms with Crippen LogP contribution in [-0.2, 0) is 19.4 Å². The number of aromatic nitrogens is 1. The Kier molecular flexibility index (Phi) is 11.7. The predicted octanol–water partition coefficient (Wildman–Crippen LogP) is 4.27. The third-order valence-corrected chi connectivity index (χ3v) is 8.08. The number of hydrogen-bond acceptors (Lipinski definition) is 7. The van der Waals surface area contributed by atoms with E-state index in [1.807, 2.05) is 60.7 Å². The Morgan fingerprint density at radius 1 is 0.735 bits per heavy atom. The molecule has 1 heterocycles. The number of aliphatic hydroxyl groups excluding tert-OH is 1. The van der Waals surface area contributed by atoms with Crippen LogP contribution in [0.3, 0.4) is 0 Å². The quantitative estimate of drug-likeness (QED) is 0.139. The summed E-state index contributed by atoms with van der Waals surface area (Å²) in [6.07, 6.45) is -0.350. The molecule has 0 fully saturated rings. The van der Waals surface area contributed by atoms with Crippen LogP contribution in [-0.4, -0.2) is 51.3 Å². The molecular weight excluding hydrogens is 620 g/mol. The highest BCUT2D eigenvalue weighted by molar-refractivity contribution is 6.03. The zero-order valence-corrected chi connectivity index (χ0v) is 26.7. The van der Waals surface area contributed by atoms with E-state index in [4.69, 9.17) is 0 Å². The summed E-state index contributed by atoms with van der Waals surface area (Å²) < 4.78 is 0. The van der Waals surface area contributed by atoms with Crippen molar-refractivity contribution in [2.45, 2.75) is 44.0 Å². The summed E-state index contributed by atoms with van der Waals surface area (Å²) in [7, 11) is 0. The smallest absolute Gasteiger partial charge is 0.253 e. The number of phenols is 1. The molecule has 0 spiro atoms. The summed E-state index contributed by atoms with van der Waals surface area (Å²) in [4.78, 5) is 44.7. The van der Waals surface area contributed by atoms with Crippen molar-refractivity contribution in [1.29, 1.82) is 0 Å². The fraction of sp³-hybridized carbons (Fsp3) is 0.179. The molecule has 4 N–H and O–H groups in total. The summed E-state index contributed by atoms with van der Waals surface area (Å²) in [5, 5.41) is 39.9. The second kappa shape index (κ2) is 16.7. The van der Waals surface area contributed by atoms with E-state index in [2.05, 4.69) is 15.6 Å². The number of phenolic OH excluding ortho intramolecular Hbond substituents is 1. The van der Waals surface area contributed by atoms with Crippen molar-refractivity contribution in [1.82, 2.24) is 15.6 Å². The van der Waals surface area contributed by atoms with E-state index in [1.54, 1.807) is 48.7 Å². The highest BCUT2D eigenvalue weighted by Gasteiger charge is 2.28. The second-order valence-electron chi connectivity index (χ2n) is 11.7. The van der Waals surface area contributed by atoms with Crippen LogP contribution in [0.25, 0.3) is 0 Å². The fourth-order valence-corrected chi connectivity index (χ4v) is 5.66. The van der Waals surface area contributed by atoms with Gasteiger partial charge in [-0.3, -0.25) is 14.6 Å². The number of hydrogen-bond donors (Lipinski definition) is 4. The van der Waals surface area contributed by atoms with E-state index in [0.29, 0.717) is 18.5 Å². The minimum absolute atomic E-state index is 0.0543. The standard InChI is InChI=1S/C39H38N4O6/c44-32-18-11-16-29(24-32)37(46)42-34(23-28-14-5-2-6-15-28)36(45)25-31(22-27-12-3-1-4-13-27)41-38(47)33-19-7-8-20-35(33)43(39(48)49)26-30-17-9-10-21-40-30/h1-21,24,31,34,36,44-45H,22-23,25-26H2,(H,41,47)(H,42,46)(H,48,49)/p-1/t31-,34-,36-/m0/s1. The molecule has 0 radical (unpaired) electrons. The average molecular weight is 658 g/mol. The topological polar surface area (TPSA) is 155 Å². The third-order valence-electron chi connectivity index (χ3n) is 8.08. The van der Waals surface area contributed by atoms with Gasteiger partial charge in [-0.1, -0.05) is 84.9 Å². The molecule has 0 aliphatic carbocycles. The van der Waals surface area contributed by atoms with Gasteiger partial charge in [0.1, 0.15) is 11.8 Å². The summed E-state index contributed by atoms with van der Waals surface area (Å²) in [6, 6.07) is 34.9. The number of benzene rings is 4. The van der Waals surface area contributed by atoms with Crippen LogP contribution < -0.4 is 20.6 Å². The van der Waals surface area contributed by atoms with E-state index in [-0.39, 0.29) is 35.5 Å². The van der Waals surface area contributed by atoms with Crippen LogP contribution in [0.15, 0.2) is 134 Å². The number of aliphatic hydroxyl groups is 1. The first kappa shape index (κ1) is 34.3. The maximum atomic E-state index is 13.9. The van der Waals surface area contributed by atoms with Crippen molar-refractivity contribution in [3.63, 3.8) is 0 Å². The minimum atomic E-state index is -1.49. The van der Waals surface area contributed by atoms with E-state index >= 15 is 0 Å². The van der Waals surface area contributed by atoms with Gasteiger partial charge in [0.05, 0.1) is 35.6 Å². The monoisotopic (exact) mass is 657 g/mol. The van der Waals surface area contributed by atoms with Gasteiger partial charge in [-0.25, -0.2) is 0 Å². The Morgan fingerprint density at radius 3 is 2.04 bits per heavy atom. The number of nitrogens with zero attached hydrogens (tertiary/aromatic N) is 2. The molecule has 3 amide bonds. The van der Waals surface area contributed by atoms with Crippen molar-refractivity contribution >= 4 is 23.6 Å². The molecular formula is C39H37N4O6-. The second-order valence-corrected chi connectivity index (χ2v) is 11.7. The number of nitrogens with one attached hydrogen (secondary N) is 2. The molecule has 0 unspecified atom stereocenters. The first-order chi connectivity index (χ1) is 23.8. The van der Waals surface area contributed by atoms with Crippen LogP contribution in [0, 0.1) is 0 Å². The number of carbonyl (C=O) groups excluding carboxylic acids is 3. The number of rotatable bonds is 14. The molecule has 1 aromatic heterocycles. The van der Waals surface area contributed by atoms with Gasteiger partial charge < -0.3 is 35.6 Å². The Labute approximate surface area is 284 Å². The Morgan fingerprint density at radius 2 is 1.39 bits per heavy atom. The van der Waals surface area contributed by atoms with E-state index in [0.717, 1.165) is 16.0 Å². The van der Waals surface area contributed by atoms with Crippen molar-refractivity contribution in [3.8, 4) is 5.75 Å². The molecule has 5 rings (SSSR count). The molecule has 250 valence electrons. The van der Waals surface area contributed by atoms with Gasteiger partial charge in [0, 0.05) is 17.8 Å². The van der Waals surface area contributed by atoms with Gasteiger partial charge in [-0.15, -0.1) is 0 Å². The molecule has 10 heteroatoms. The number of para-hydroxylation sites is 1. The van der Waals surface area contributed by atoms with Gasteiger partial charge in [0.15, 0.2) is 0 Å². The summed E-state index contributed by atoms with van der Waals surface area (Å²) in [5.74, 6) is -1.07. The zero-order chi connectivity index (χ0) is 34.6. The lowest BCUT2D eigenvalue weighted by molar-refractivity contribution is -0.246. The number of pyridine rings is 1. The molecule has 0 saturated heterocycles. The molecule has 0 aliphatic heterocycles. The number of aromatic hydroxyl groups is 1. The van der Waals surface area contributed by atoms with Crippen LogP contribution in [0.5, 0.6) is 5.75 Å². The van der Waals surface area contributed by atoms with Crippen LogP contribution >= 0.6 is 0 Å². The largest absolute Gasteiger partial charge is 0.530 e. The minimum Gasteiger partial charge on any atom is -0.530 e. The first-order valence-corrected chi connectivity index (χ1v) is 15.9. The van der Waals surface area contributed by atoms with Gasteiger partial charge in [-0.2, -0.15) is 0 Å². The fourth-order valence-electron chi connectivity index (χ4n) is 5.66. The number of anilines is 1. The first-order valence-electron chi connectivity index (χ1n) is 15.9. The number of carbonyl (C=O) groups is 3. The van der Waals surface area contributed by atoms with Gasteiger partial charge in [-0.05, 0) is 72.9 Å². The van der Waals surface area contributed by atoms with E-state index < -0.39 is 36.1 Å². The van der Waals surface area contributed by atoms with Crippen molar-refractivity contribution < 1.29 is 29.7 Å². The lowest BCUT2D eigenvalue weighted by Crippen LogP contribution is -2.49. The molecule has 49 heavy (non-hydrogen) atoms. The average Bonchev–Trinajstić information content (AvgIpc) is 3.11. The third kappa shape index (κ3) is 9.75. The van der Waals surface area contributed by atoms with E-state index in [1.165, 1.54) is 24.3 Å². The van der Waals surface area contributed by atoms with E-state index in [9.17, 15) is 29.7 Å². The Hall–Kier alpha value is -6.00. The lowest BCUT2D eigenvalue weighted by Gasteiger charge is -2.30. The van der Waals surface area contributed by atoms with Crippen LogP contribution in [0.4, 0.5) is 10.5 Å². The van der Waals surface area contributed by atoms with Gasteiger partial charge in [0.2, 0.25) is 0 Å². The maximum absolute atomic E-state index is 13.9. The molecule has 5 aromatic rings.